The number of carbonyl (C=O) groups excluding carboxylic acids is 1. The van der Waals surface area contributed by atoms with Crippen LogP contribution >= 0.6 is 12.2 Å². The van der Waals surface area contributed by atoms with Gasteiger partial charge in [0.1, 0.15) is 0 Å². The van der Waals surface area contributed by atoms with E-state index in [0.717, 1.165) is 19.3 Å². The Morgan fingerprint density at radius 1 is 1.65 bits per heavy atom. The fourth-order valence-corrected chi connectivity index (χ4v) is 2.55. The van der Waals surface area contributed by atoms with Crippen LogP contribution in [-0.4, -0.2) is 26.7 Å². The highest BCUT2D eigenvalue weighted by Gasteiger charge is 2.30. The third kappa shape index (κ3) is 2.63. The maximum Gasteiger partial charge on any atom is 0.254 e. The van der Waals surface area contributed by atoms with Gasteiger partial charge in [-0.05, 0) is 12.8 Å². The van der Waals surface area contributed by atoms with Crippen molar-refractivity contribution in [3.63, 3.8) is 0 Å². The average Bonchev–Trinajstić information content (AvgIpc) is 2.86. The van der Waals surface area contributed by atoms with Crippen LogP contribution < -0.4 is 11.1 Å². The van der Waals surface area contributed by atoms with E-state index in [-0.39, 0.29) is 17.9 Å². The van der Waals surface area contributed by atoms with Gasteiger partial charge in [0, 0.05) is 25.2 Å². The molecule has 0 spiro atoms. The van der Waals surface area contributed by atoms with Crippen molar-refractivity contribution in [2.75, 3.05) is 0 Å². The lowest BCUT2D eigenvalue weighted by Gasteiger charge is -2.19. The summed E-state index contributed by atoms with van der Waals surface area (Å²) in [6.07, 6.45) is 6.21. The van der Waals surface area contributed by atoms with Crippen LogP contribution in [0.15, 0.2) is 12.4 Å². The molecule has 2 rings (SSSR count). The fourth-order valence-electron chi connectivity index (χ4n) is 2.26. The number of aryl methyl sites for hydroxylation is 1. The number of aromatic nitrogens is 2. The van der Waals surface area contributed by atoms with E-state index >= 15 is 0 Å². The van der Waals surface area contributed by atoms with Crippen LogP contribution in [0, 0.1) is 5.92 Å². The Hall–Kier alpha value is -1.43. The third-order valence-corrected chi connectivity index (χ3v) is 3.47. The summed E-state index contributed by atoms with van der Waals surface area (Å²) in [4.78, 5) is 12.4. The minimum Gasteiger partial charge on any atom is -0.393 e. The summed E-state index contributed by atoms with van der Waals surface area (Å²) in [6.45, 7) is 0. The molecule has 0 radical (unpaired) electrons. The van der Waals surface area contributed by atoms with Gasteiger partial charge in [-0.25, -0.2) is 0 Å². The molecule has 1 heterocycles. The number of hydrogen-bond donors (Lipinski definition) is 2. The zero-order chi connectivity index (χ0) is 12.4. The van der Waals surface area contributed by atoms with Gasteiger partial charge >= 0.3 is 0 Å². The largest absolute Gasteiger partial charge is 0.393 e. The first-order chi connectivity index (χ1) is 8.08. The first kappa shape index (κ1) is 12.0. The lowest BCUT2D eigenvalue weighted by Crippen LogP contribution is -2.41. The molecular weight excluding hydrogens is 236 g/mol. The zero-order valence-corrected chi connectivity index (χ0v) is 10.5. The van der Waals surface area contributed by atoms with Gasteiger partial charge in [-0.1, -0.05) is 18.6 Å². The van der Waals surface area contributed by atoms with Crippen molar-refractivity contribution in [1.82, 2.24) is 15.1 Å². The number of nitrogens with one attached hydrogen (secondary N) is 1. The van der Waals surface area contributed by atoms with Crippen molar-refractivity contribution in [2.45, 2.75) is 25.3 Å². The maximum absolute atomic E-state index is 11.9. The molecule has 1 fully saturated rings. The summed E-state index contributed by atoms with van der Waals surface area (Å²) < 4.78 is 1.61. The van der Waals surface area contributed by atoms with Gasteiger partial charge in [0.2, 0.25) is 0 Å². The minimum absolute atomic E-state index is 0.0696. The number of nitrogens with zero attached hydrogens (tertiary/aromatic N) is 2. The molecule has 2 unspecified atom stereocenters. The summed E-state index contributed by atoms with van der Waals surface area (Å²) in [5.74, 6) is 0.0249. The number of thiocarbonyl (C=S) groups is 1. The van der Waals surface area contributed by atoms with Crippen molar-refractivity contribution in [2.24, 2.45) is 18.7 Å². The van der Waals surface area contributed by atoms with E-state index < -0.39 is 0 Å². The lowest BCUT2D eigenvalue weighted by atomic mass is 10.0. The van der Waals surface area contributed by atoms with E-state index in [1.807, 2.05) is 0 Å². The summed E-state index contributed by atoms with van der Waals surface area (Å²) in [7, 11) is 1.78. The molecule has 0 saturated heterocycles. The van der Waals surface area contributed by atoms with Crippen molar-refractivity contribution in [1.29, 1.82) is 0 Å². The maximum atomic E-state index is 11.9. The highest BCUT2D eigenvalue weighted by atomic mass is 32.1. The van der Waals surface area contributed by atoms with Crippen LogP contribution in [0.4, 0.5) is 0 Å². The first-order valence-corrected chi connectivity index (χ1v) is 6.07. The van der Waals surface area contributed by atoms with Crippen LogP contribution in [0.2, 0.25) is 0 Å². The van der Waals surface area contributed by atoms with Crippen molar-refractivity contribution in [3.05, 3.63) is 18.0 Å². The molecule has 17 heavy (non-hydrogen) atoms. The summed E-state index contributed by atoms with van der Waals surface area (Å²) in [5.41, 5.74) is 6.24. The molecule has 0 aliphatic heterocycles. The van der Waals surface area contributed by atoms with Gasteiger partial charge in [0.15, 0.2) is 0 Å². The Kier molecular flexibility index (Phi) is 3.42. The van der Waals surface area contributed by atoms with Crippen molar-refractivity contribution >= 4 is 23.1 Å². The number of carbonyl (C=O) groups is 1. The number of amides is 1. The van der Waals surface area contributed by atoms with Crippen LogP contribution in [0.3, 0.4) is 0 Å². The average molecular weight is 252 g/mol. The molecular formula is C11H16N4OS. The highest BCUT2D eigenvalue weighted by Crippen LogP contribution is 2.26. The van der Waals surface area contributed by atoms with E-state index in [1.54, 1.807) is 24.1 Å². The van der Waals surface area contributed by atoms with Gasteiger partial charge in [0.25, 0.3) is 5.91 Å². The quantitative estimate of drug-likeness (QED) is 0.773. The van der Waals surface area contributed by atoms with Crippen LogP contribution in [-0.2, 0) is 7.05 Å². The SMILES string of the molecule is Cn1cc(C(=O)NC2CCCC2C(N)=S)cn1. The molecule has 1 aliphatic carbocycles. The third-order valence-electron chi connectivity index (χ3n) is 3.16. The van der Waals surface area contributed by atoms with Gasteiger partial charge in [-0.15, -0.1) is 0 Å². The first-order valence-electron chi connectivity index (χ1n) is 5.67. The normalized spacial score (nSPS) is 23.6. The number of rotatable bonds is 3. The second kappa shape index (κ2) is 4.83. The molecule has 92 valence electrons. The summed E-state index contributed by atoms with van der Waals surface area (Å²) >= 11 is 5.02. The smallest absolute Gasteiger partial charge is 0.254 e. The van der Waals surface area contributed by atoms with Gasteiger partial charge < -0.3 is 11.1 Å². The predicted molar refractivity (Wildman–Crippen MR) is 68.6 cm³/mol. The zero-order valence-electron chi connectivity index (χ0n) is 9.72. The Bertz CT molecular complexity index is 442. The standard InChI is InChI=1S/C11H16N4OS/c1-15-6-7(5-13-15)11(16)14-9-4-2-3-8(9)10(12)17/h5-6,8-9H,2-4H2,1H3,(H2,12,17)(H,14,16). The molecule has 3 N–H and O–H groups in total. The molecule has 5 nitrogen and oxygen atoms in total. The predicted octanol–water partition coefficient (Wildman–Crippen LogP) is 0.605. The second-order valence-electron chi connectivity index (χ2n) is 4.42. The minimum atomic E-state index is -0.105. The van der Waals surface area contributed by atoms with Crippen LogP contribution in [0.1, 0.15) is 29.6 Å². The molecule has 1 amide bonds. The molecule has 1 aromatic heterocycles. The topological polar surface area (TPSA) is 72.9 Å². The Labute approximate surface area is 105 Å². The van der Waals surface area contributed by atoms with Crippen molar-refractivity contribution < 1.29 is 4.79 Å². The second-order valence-corrected chi connectivity index (χ2v) is 4.89. The Balaban J connectivity index is 2.01. The monoisotopic (exact) mass is 252 g/mol. The number of nitrogens with two attached hydrogens (primary N) is 1. The Morgan fingerprint density at radius 3 is 3.00 bits per heavy atom. The summed E-state index contributed by atoms with van der Waals surface area (Å²) in [6, 6.07) is 0.0696. The molecule has 0 aromatic carbocycles. The van der Waals surface area contributed by atoms with E-state index in [1.165, 1.54) is 0 Å². The van der Waals surface area contributed by atoms with Gasteiger partial charge in [-0.2, -0.15) is 5.10 Å². The number of hydrogen-bond acceptors (Lipinski definition) is 3. The van der Waals surface area contributed by atoms with E-state index in [4.69, 9.17) is 18.0 Å². The molecule has 1 aromatic rings. The Morgan fingerprint density at radius 2 is 2.41 bits per heavy atom. The van der Waals surface area contributed by atoms with Gasteiger partial charge in [-0.3, -0.25) is 9.48 Å². The molecule has 1 saturated carbocycles. The lowest BCUT2D eigenvalue weighted by molar-refractivity contribution is 0.0933. The molecule has 6 heteroatoms. The van der Waals surface area contributed by atoms with E-state index in [9.17, 15) is 4.79 Å². The molecule has 2 atom stereocenters. The molecule has 1 aliphatic rings. The van der Waals surface area contributed by atoms with E-state index in [2.05, 4.69) is 10.4 Å². The van der Waals surface area contributed by atoms with E-state index in [0.29, 0.717) is 10.6 Å². The summed E-state index contributed by atoms with van der Waals surface area (Å²) in [5, 5.41) is 6.95. The highest BCUT2D eigenvalue weighted by molar-refractivity contribution is 7.80. The fraction of sp³-hybridized carbons (Fsp3) is 0.545. The van der Waals surface area contributed by atoms with Crippen molar-refractivity contribution in [3.8, 4) is 0 Å². The van der Waals surface area contributed by atoms with Gasteiger partial charge in [0.05, 0.1) is 16.7 Å². The van der Waals surface area contributed by atoms with Crippen LogP contribution in [0.5, 0.6) is 0 Å². The molecule has 0 bridgehead atoms. The van der Waals surface area contributed by atoms with Crippen LogP contribution in [0.25, 0.3) is 0 Å².